The first-order chi connectivity index (χ1) is 8.47. The Bertz CT molecular complexity index is 466. The van der Waals surface area contributed by atoms with Crippen LogP contribution in [0.3, 0.4) is 0 Å². The van der Waals surface area contributed by atoms with Crippen molar-refractivity contribution in [1.29, 1.82) is 0 Å². The molecule has 0 saturated heterocycles. The minimum absolute atomic E-state index is 0.203. The minimum Gasteiger partial charge on any atom is -0.459 e. The van der Waals surface area contributed by atoms with Crippen molar-refractivity contribution in [3.05, 3.63) is 34.4 Å². The van der Waals surface area contributed by atoms with E-state index in [0.29, 0.717) is 6.54 Å². The first-order valence-corrected chi connectivity index (χ1v) is 5.98. The Kier molecular flexibility index (Phi) is 4.89. The number of carbonyl (C=O) groups excluding carboxylic acids is 2. The first-order valence-electron chi connectivity index (χ1n) is 5.98. The van der Waals surface area contributed by atoms with Gasteiger partial charge in [0.25, 0.3) is 0 Å². The summed E-state index contributed by atoms with van der Waals surface area (Å²) in [6.45, 7) is 8.30. The summed E-state index contributed by atoms with van der Waals surface area (Å²) in [6.07, 6.45) is 0. The van der Waals surface area contributed by atoms with Crippen molar-refractivity contribution in [2.24, 2.45) is 0 Å². The number of benzene rings is 1. The smallest absolute Gasteiger partial charge is 0.396 e. The maximum atomic E-state index is 11.4. The molecule has 0 bridgehead atoms. The summed E-state index contributed by atoms with van der Waals surface area (Å²) in [5.74, 6) is -1.53. The summed E-state index contributed by atoms with van der Waals surface area (Å²) in [5, 5.41) is 2.56. The van der Waals surface area contributed by atoms with Crippen LogP contribution in [0.25, 0.3) is 0 Å². The molecule has 1 amide bonds. The third-order valence-corrected chi connectivity index (χ3v) is 3.07. The second-order valence-electron chi connectivity index (χ2n) is 4.19. The number of nitrogens with one attached hydrogen (secondary N) is 1. The maximum absolute atomic E-state index is 11.4. The van der Waals surface area contributed by atoms with Gasteiger partial charge in [0.15, 0.2) is 0 Å². The predicted molar refractivity (Wildman–Crippen MR) is 69.1 cm³/mol. The van der Waals surface area contributed by atoms with Crippen LogP contribution in [0.15, 0.2) is 12.1 Å². The molecule has 0 atom stereocenters. The summed E-state index contributed by atoms with van der Waals surface area (Å²) < 4.78 is 4.61. The molecule has 1 aromatic rings. The number of ether oxygens (including phenoxy) is 1. The van der Waals surface area contributed by atoms with Crippen LogP contribution in [0.1, 0.15) is 29.2 Å². The second-order valence-corrected chi connectivity index (χ2v) is 4.19. The molecular weight excluding hydrogens is 230 g/mol. The zero-order valence-corrected chi connectivity index (χ0v) is 11.3. The van der Waals surface area contributed by atoms with Gasteiger partial charge in [0, 0.05) is 6.54 Å². The van der Waals surface area contributed by atoms with Gasteiger partial charge < -0.3 is 10.1 Å². The molecule has 0 fully saturated rings. The largest absolute Gasteiger partial charge is 0.459 e. The highest BCUT2D eigenvalue weighted by atomic mass is 16.5. The summed E-state index contributed by atoms with van der Waals surface area (Å²) >= 11 is 0. The number of hydrogen-bond donors (Lipinski definition) is 1. The minimum atomic E-state index is -0.834. The lowest BCUT2D eigenvalue weighted by Crippen LogP contribution is -2.32. The lowest BCUT2D eigenvalue weighted by atomic mass is 9.99. The SMILES string of the molecule is CCOC(=O)C(=O)NCc1ccc(C)c(C)c1C. The van der Waals surface area contributed by atoms with E-state index in [2.05, 4.69) is 10.1 Å². The van der Waals surface area contributed by atoms with Gasteiger partial charge in [-0.3, -0.25) is 4.79 Å². The van der Waals surface area contributed by atoms with E-state index in [-0.39, 0.29) is 6.61 Å². The predicted octanol–water partition coefficient (Wildman–Crippen LogP) is 1.79. The molecule has 18 heavy (non-hydrogen) atoms. The number of rotatable bonds is 3. The molecule has 0 saturated carbocycles. The van der Waals surface area contributed by atoms with Crippen molar-refractivity contribution in [1.82, 2.24) is 5.32 Å². The van der Waals surface area contributed by atoms with Crippen LogP contribution >= 0.6 is 0 Å². The maximum Gasteiger partial charge on any atom is 0.396 e. The first kappa shape index (κ1) is 14.2. The van der Waals surface area contributed by atoms with Gasteiger partial charge in [-0.25, -0.2) is 4.79 Å². The van der Waals surface area contributed by atoms with Crippen molar-refractivity contribution in [2.75, 3.05) is 6.61 Å². The van der Waals surface area contributed by atoms with Crippen LogP contribution < -0.4 is 5.32 Å². The fourth-order valence-electron chi connectivity index (χ4n) is 1.65. The number of aryl methyl sites for hydroxylation is 1. The number of esters is 1. The van der Waals surface area contributed by atoms with E-state index >= 15 is 0 Å². The second kappa shape index (κ2) is 6.19. The van der Waals surface area contributed by atoms with Crippen molar-refractivity contribution in [2.45, 2.75) is 34.2 Å². The van der Waals surface area contributed by atoms with E-state index in [4.69, 9.17) is 0 Å². The number of hydrogen-bond acceptors (Lipinski definition) is 3. The number of carbonyl (C=O) groups is 2. The highest BCUT2D eigenvalue weighted by molar-refractivity contribution is 6.32. The Labute approximate surface area is 107 Å². The Balaban J connectivity index is 2.67. The molecule has 0 aliphatic heterocycles. The van der Waals surface area contributed by atoms with Gasteiger partial charge >= 0.3 is 11.9 Å². The van der Waals surface area contributed by atoms with Crippen LogP contribution in [0.2, 0.25) is 0 Å². The van der Waals surface area contributed by atoms with Crippen LogP contribution in [0, 0.1) is 20.8 Å². The summed E-state index contributed by atoms with van der Waals surface area (Å²) in [5.41, 5.74) is 4.57. The molecule has 0 aliphatic carbocycles. The van der Waals surface area contributed by atoms with E-state index in [0.717, 1.165) is 11.1 Å². The van der Waals surface area contributed by atoms with Gasteiger partial charge in [0.1, 0.15) is 0 Å². The van der Waals surface area contributed by atoms with Crippen LogP contribution in [-0.2, 0) is 20.9 Å². The Morgan fingerprint density at radius 3 is 2.44 bits per heavy atom. The van der Waals surface area contributed by atoms with Gasteiger partial charge in [0.05, 0.1) is 6.61 Å². The average Bonchev–Trinajstić information content (AvgIpc) is 2.35. The van der Waals surface area contributed by atoms with E-state index in [1.165, 1.54) is 11.1 Å². The van der Waals surface area contributed by atoms with Crippen LogP contribution in [0.5, 0.6) is 0 Å². The van der Waals surface area contributed by atoms with E-state index in [1.807, 2.05) is 32.9 Å². The standard InChI is InChI=1S/C14H19NO3/c1-5-18-14(17)13(16)15-8-12-7-6-9(2)10(3)11(12)4/h6-7H,5,8H2,1-4H3,(H,15,16). The van der Waals surface area contributed by atoms with Crippen molar-refractivity contribution in [3.8, 4) is 0 Å². The van der Waals surface area contributed by atoms with Crippen molar-refractivity contribution >= 4 is 11.9 Å². The van der Waals surface area contributed by atoms with Crippen molar-refractivity contribution in [3.63, 3.8) is 0 Å². The topological polar surface area (TPSA) is 55.4 Å². The Hall–Kier alpha value is -1.84. The normalized spacial score (nSPS) is 10.0. The fourth-order valence-corrected chi connectivity index (χ4v) is 1.65. The van der Waals surface area contributed by atoms with Gasteiger partial charge in [-0.2, -0.15) is 0 Å². The van der Waals surface area contributed by atoms with Crippen LogP contribution in [0.4, 0.5) is 0 Å². The van der Waals surface area contributed by atoms with Gasteiger partial charge in [-0.1, -0.05) is 12.1 Å². The zero-order chi connectivity index (χ0) is 13.7. The Morgan fingerprint density at radius 2 is 1.83 bits per heavy atom. The van der Waals surface area contributed by atoms with E-state index < -0.39 is 11.9 Å². The number of amides is 1. The van der Waals surface area contributed by atoms with E-state index in [1.54, 1.807) is 6.92 Å². The Morgan fingerprint density at radius 1 is 1.17 bits per heavy atom. The molecule has 0 heterocycles. The molecular formula is C14H19NO3. The average molecular weight is 249 g/mol. The molecule has 1 rings (SSSR count). The molecule has 0 aliphatic rings. The monoisotopic (exact) mass is 249 g/mol. The summed E-state index contributed by atoms with van der Waals surface area (Å²) in [7, 11) is 0. The summed E-state index contributed by atoms with van der Waals surface area (Å²) in [4.78, 5) is 22.5. The molecule has 0 radical (unpaired) electrons. The highest BCUT2D eigenvalue weighted by Crippen LogP contribution is 2.16. The lowest BCUT2D eigenvalue weighted by Gasteiger charge is -2.11. The molecule has 1 N–H and O–H groups in total. The lowest BCUT2D eigenvalue weighted by molar-refractivity contribution is -0.154. The van der Waals surface area contributed by atoms with E-state index in [9.17, 15) is 9.59 Å². The molecule has 0 aromatic heterocycles. The highest BCUT2D eigenvalue weighted by Gasteiger charge is 2.14. The molecule has 4 nitrogen and oxygen atoms in total. The molecule has 0 unspecified atom stereocenters. The van der Waals surface area contributed by atoms with Gasteiger partial charge in [-0.05, 0) is 49.9 Å². The third kappa shape index (κ3) is 3.32. The quantitative estimate of drug-likeness (QED) is 0.656. The molecule has 4 heteroatoms. The third-order valence-electron chi connectivity index (χ3n) is 3.07. The van der Waals surface area contributed by atoms with Gasteiger partial charge in [-0.15, -0.1) is 0 Å². The van der Waals surface area contributed by atoms with Gasteiger partial charge in [0.2, 0.25) is 0 Å². The van der Waals surface area contributed by atoms with Crippen LogP contribution in [-0.4, -0.2) is 18.5 Å². The zero-order valence-electron chi connectivity index (χ0n) is 11.3. The molecule has 98 valence electrons. The summed E-state index contributed by atoms with van der Waals surface area (Å²) in [6, 6.07) is 3.97. The molecule has 0 spiro atoms. The molecule has 1 aromatic carbocycles. The fraction of sp³-hybridized carbons (Fsp3) is 0.429. The van der Waals surface area contributed by atoms with Crippen molar-refractivity contribution < 1.29 is 14.3 Å².